The van der Waals surface area contributed by atoms with Crippen molar-refractivity contribution in [3.63, 3.8) is 0 Å². The number of rotatable bonds is 4. The van der Waals surface area contributed by atoms with E-state index in [0.717, 1.165) is 6.07 Å². The van der Waals surface area contributed by atoms with Crippen LogP contribution < -0.4 is 0 Å². The number of nitrogens with zero attached hydrogens (tertiary/aromatic N) is 4. The first-order valence-corrected chi connectivity index (χ1v) is 5.23. The quantitative estimate of drug-likeness (QED) is 0.263. The van der Waals surface area contributed by atoms with Crippen molar-refractivity contribution in [3.8, 4) is 0 Å². The van der Waals surface area contributed by atoms with Gasteiger partial charge < -0.3 is 0 Å². The van der Waals surface area contributed by atoms with Crippen LogP contribution in [0.15, 0.2) is 23.5 Å². The molecule has 0 bridgehead atoms. The van der Waals surface area contributed by atoms with E-state index in [1.165, 1.54) is 12.3 Å². The van der Waals surface area contributed by atoms with Crippen LogP contribution in [0.5, 0.6) is 0 Å². The highest BCUT2D eigenvalue weighted by molar-refractivity contribution is 6.30. The lowest BCUT2D eigenvalue weighted by Gasteiger charge is -2.08. The van der Waals surface area contributed by atoms with Crippen molar-refractivity contribution < 1.29 is 13.2 Å². The van der Waals surface area contributed by atoms with E-state index in [1.807, 2.05) is 0 Å². The van der Waals surface area contributed by atoms with E-state index in [1.54, 1.807) is 6.08 Å². The standard InChI is InChI=1S/C10H8ClF3N4/c11-9-8(10(12,13)14)5-7(6-16-9)3-1-2-4-17-18-15/h1,3,5-6H,2,4H2. The summed E-state index contributed by atoms with van der Waals surface area (Å²) >= 11 is 5.37. The summed E-state index contributed by atoms with van der Waals surface area (Å²) in [6.45, 7) is 0.250. The molecule has 0 fully saturated rings. The van der Waals surface area contributed by atoms with Crippen LogP contribution in [0.3, 0.4) is 0 Å². The summed E-state index contributed by atoms with van der Waals surface area (Å²) in [5, 5.41) is 2.71. The fraction of sp³-hybridized carbons (Fsp3) is 0.300. The summed E-state index contributed by atoms with van der Waals surface area (Å²) in [6.07, 6.45) is 0.208. The number of pyridine rings is 1. The Morgan fingerprint density at radius 2 is 2.22 bits per heavy atom. The van der Waals surface area contributed by atoms with Gasteiger partial charge in [0.25, 0.3) is 0 Å². The van der Waals surface area contributed by atoms with E-state index in [0.29, 0.717) is 6.42 Å². The molecule has 0 radical (unpaired) electrons. The second-order valence-electron chi connectivity index (χ2n) is 3.25. The van der Waals surface area contributed by atoms with Gasteiger partial charge in [-0.2, -0.15) is 13.2 Å². The molecule has 0 unspecified atom stereocenters. The Kier molecular flexibility index (Phi) is 5.00. The molecule has 18 heavy (non-hydrogen) atoms. The van der Waals surface area contributed by atoms with Gasteiger partial charge in [-0.3, -0.25) is 0 Å². The Labute approximate surface area is 106 Å². The van der Waals surface area contributed by atoms with E-state index < -0.39 is 16.9 Å². The topological polar surface area (TPSA) is 61.7 Å². The minimum absolute atomic E-state index is 0.250. The maximum Gasteiger partial charge on any atom is 0.419 e. The van der Waals surface area contributed by atoms with Crippen molar-refractivity contribution in [2.75, 3.05) is 6.54 Å². The van der Waals surface area contributed by atoms with Crippen LogP contribution in [-0.2, 0) is 6.18 Å². The van der Waals surface area contributed by atoms with Crippen LogP contribution in [0.25, 0.3) is 16.5 Å². The maximum atomic E-state index is 12.5. The predicted octanol–water partition coefficient (Wildman–Crippen LogP) is 4.47. The van der Waals surface area contributed by atoms with E-state index in [4.69, 9.17) is 17.1 Å². The second kappa shape index (κ2) is 6.28. The highest BCUT2D eigenvalue weighted by Gasteiger charge is 2.33. The normalized spacial score (nSPS) is 11.6. The lowest BCUT2D eigenvalue weighted by molar-refractivity contribution is -0.137. The van der Waals surface area contributed by atoms with Crippen molar-refractivity contribution in [1.29, 1.82) is 0 Å². The van der Waals surface area contributed by atoms with Gasteiger partial charge in [-0.1, -0.05) is 28.9 Å². The smallest absolute Gasteiger partial charge is 0.243 e. The van der Waals surface area contributed by atoms with E-state index >= 15 is 0 Å². The molecular weight excluding hydrogens is 269 g/mol. The molecule has 0 saturated heterocycles. The zero-order valence-corrected chi connectivity index (χ0v) is 9.78. The molecule has 0 amide bonds. The number of halogens is 4. The molecule has 0 aliphatic carbocycles. The van der Waals surface area contributed by atoms with Gasteiger partial charge >= 0.3 is 6.18 Å². The Hall–Kier alpha value is -1.72. The van der Waals surface area contributed by atoms with Crippen LogP contribution in [0, 0.1) is 0 Å². The third-order valence-electron chi connectivity index (χ3n) is 1.93. The fourth-order valence-electron chi connectivity index (χ4n) is 1.15. The van der Waals surface area contributed by atoms with Gasteiger partial charge in [-0.05, 0) is 23.6 Å². The first-order valence-electron chi connectivity index (χ1n) is 4.85. The third-order valence-corrected chi connectivity index (χ3v) is 2.24. The average molecular weight is 277 g/mol. The van der Waals surface area contributed by atoms with Crippen molar-refractivity contribution in [1.82, 2.24) is 4.98 Å². The first kappa shape index (κ1) is 14.3. The SMILES string of the molecule is [N-]=[N+]=NCCC=Cc1cnc(Cl)c(C(F)(F)F)c1. The minimum Gasteiger partial charge on any atom is -0.243 e. The molecule has 4 nitrogen and oxygen atoms in total. The van der Waals surface area contributed by atoms with Crippen molar-refractivity contribution in [3.05, 3.63) is 45.1 Å². The number of hydrogen-bond acceptors (Lipinski definition) is 2. The average Bonchev–Trinajstić information content (AvgIpc) is 2.29. The zero-order valence-electron chi connectivity index (χ0n) is 9.02. The molecule has 0 aliphatic rings. The molecule has 96 valence electrons. The summed E-state index contributed by atoms with van der Waals surface area (Å²) in [5.41, 5.74) is 7.34. The summed E-state index contributed by atoms with van der Waals surface area (Å²) in [5.74, 6) is 0. The van der Waals surface area contributed by atoms with Gasteiger partial charge in [0, 0.05) is 17.7 Å². The first-order chi connectivity index (χ1) is 8.45. The van der Waals surface area contributed by atoms with Gasteiger partial charge in [-0.25, -0.2) is 4.98 Å². The molecule has 0 aliphatic heterocycles. The summed E-state index contributed by atoms with van der Waals surface area (Å²) < 4.78 is 37.5. The molecular formula is C10H8ClF3N4. The van der Waals surface area contributed by atoms with Gasteiger partial charge in [0.1, 0.15) is 5.15 Å². The van der Waals surface area contributed by atoms with E-state index in [2.05, 4.69) is 15.0 Å². The largest absolute Gasteiger partial charge is 0.419 e. The molecule has 0 saturated carbocycles. The Morgan fingerprint density at radius 3 is 2.83 bits per heavy atom. The summed E-state index contributed by atoms with van der Waals surface area (Å²) in [7, 11) is 0. The van der Waals surface area contributed by atoms with Crippen molar-refractivity contribution in [2.24, 2.45) is 5.11 Å². The van der Waals surface area contributed by atoms with Crippen LogP contribution in [-0.4, -0.2) is 11.5 Å². The molecule has 0 spiro atoms. The van der Waals surface area contributed by atoms with Crippen LogP contribution in [0.1, 0.15) is 17.5 Å². The van der Waals surface area contributed by atoms with E-state index in [-0.39, 0.29) is 12.1 Å². The highest BCUT2D eigenvalue weighted by atomic mass is 35.5. The summed E-state index contributed by atoms with van der Waals surface area (Å²) in [4.78, 5) is 6.02. The van der Waals surface area contributed by atoms with Crippen LogP contribution >= 0.6 is 11.6 Å². The Balaban J connectivity index is 2.82. The fourth-order valence-corrected chi connectivity index (χ4v) is 1.36. The molecule has 1 aromatic heterocycles. The number of azide groups is 1. The molecule has 0 atom stereocenters. The third kappa shape index (κ3) is 4.27. The van der Waals surface area contributed by atoms with Crippen LogP contribution in [0.2, 0.25) is 5.15 Å². The highest BCUT2D eigenvalue weighted by Crippen LogP contribution is 2.34. The predicted molar refractivity (Wildman–Crippen MR) is 61.9 cm³/mol. The second-order valence-corrected chi connectivity index (χ2v) is 3.61. The molecule has 1 aromatic rings. The lowest BCUT2D eigenvalue weighted by atomic mass is 10.2. The zero-order chi connectivity index (χ0) is 13.6. The van der Waals surface area contributed by atoms with Gasteiger partial charge in [-0.15, -0.1) is 0 Å². The number of aromatic nitrogens is 1. The molecule has 1 heterocycles. The Bertz CT molecular complexity index is 492. The molecule has 8 heteroatoms. The van der Waals surface area contributed by atoms with Crippen LogP contribution in [0.4, 0.5) is 13.2 Å². The van der Waals surface area contributed by atoms with Crippen molar-refractivity contribution in [2.45, 2.75) is 12.6 Å². The van der Waals surface area contributed by atoms with Gasteiger partial charge in [0.15, 0.2) is 0 Å². The van der Waals surface area contributed by atoms with Gasteiger partial charge in [0.05, 0.1) is 5.56 Å². The minimum atomic E-state index is -4.53. The van der Waals surface area contributed by atoms with Gasteiger partial charge in [0.2, 0.25) is 0 Å². The monoisotopic (exact) mass is 276 g/mol. The maximum absolute atomic E-state index is 12.5. The molecule has 0 aromatic carbocycles. The summed E-state index contributed by atoms with van der Waals surface area (Å²) in [6, 6.07) is 0.916. The number of alkyl halides is 3. The Morgan fingerprint density at radius 1 is 1.50 bits per heavy atom. The lowest BCUT2D eigenvalue weighted by Crippen LogP contribution is -2.07. The number of hydrogen-bond donors (Lipinski definition) is 0. The van der Waals surface area contributed by atoms with Crippen molar-refractivity contribution >= 4 is 17.7 Å². The molecule has 0 N–H and O–H groups in total. The van der Waals surface area contributed by atoms with E-state index in [9.17, 15) is 13.2 Å². The molecule has 1 rings (SSSR count).